The van der Waals surface area contributed by atoms with Gasteiger partial charge in [-0.05, 0) is 6.42 Å². The third-order valence-corrected chi connectivity index (χ3v) is 2.53. The second kappa shape index (κ2) is 6.85. The third kappa shape index (κ3) is 6.71. The molecule has 0 spiro atoms. The van der Waals surface area contributed by atoms with E-state index in [-0.39, 0.29) is 23.9 Å². The fourth-order valence-electron chi connectivity index (χ4n) is 1.92. The van der Waals surface area contributed by atoms with Gasteiger partial charge in [-0.3, -0.25) is 9.59 Å². The second-order valence-electron chi connectivity index (χ2n) is 5.68. The normalized spacial score (nSPS) is 18.3. The molecular formula is C13H26NO4+. The molecule has 0 bridgehead atoms. The minimum Gasteiger partial charge on any atom is -0.481 e. The summed E-state index contributed by atoms with van der Waals surface area (Å²) in [5.41, 5.74) is -1.91. The topological polar surface area (TPSA) is 74.6 Å². The van der Waals surface area contributed by atoms with E-state index in [1.807, 2.05) is 0 Å². The van der Waals surface area contributed by atoms with Crippen LogP contribution in [0.15, 0.2) is 0 Å². The fraction of sp³-hybridized carbons (Fsp3) is 0.846. The van der Waals surface area contributed by atoms with Gasteiger partial charge in [-0.15, -0.1) is 0 Å². The van der Waals surface area contributed by atoms with Crippen molar-refractivity contribution in [2.24, 2.45) is 0 Å². The fourth-order valence-corrected chi connectivity index (χ4v) is 1.92. The van der Waals surface area contributed by atoms with Crippen LogP contribution in [-0.2, 0) is 9.59 Å². The monoisotopic (exact) mass is 263 g/mol. The molecule has 2 N–H and O–H groups in total. The number of aliphatic carboxylic acids is 1. The predicted octanol–water partition coefficient (Wildman–Crippen LogP) is 1.05. The first-order valence-corrected chi connectivity index (χ1v) is 6.03. The largest absolute Gasteiger partial charge is 0.481 e. The van der Waals surface area contributed by atoms with Crippen LogP contribution in [0.25, 0.3) is 0 Å². The van der Waals surface area contributed by atoms with E-state index in [2.05, 4.69) is 0 Å². The van der Waals surface area contributed by atoms with E-state index in [4.69, 9.17) is 9.22 Å². The summed E-state index contributed by atoms with van der Waals surface area (Å²) in [6.45, 7) is -2.03. The molecule has 0 radical (unpaired) electrons. The minimum atomic E-state index is -2.03. The lowest BCUT2D eigenvalue weighted by atomic mass is 9.90. The average molecular weight is 263 g/mol. The second-order valence-corrected chi connectivity index (χ2v) is 5.68. The van der Waals surface area contributed by atoms with E-state index < -0.39 is 30.6 Å². The van der Waals surface area contributed by atoms with Gasteiger partial charge in [0.05, 0.1) is 27.6 Å². The Morgan fingerprint density at radius 1 is 1.28 bits per heavy atom. The molecule has 5 heteroatoms. The number of carbonyl (C=O) groups is 2. The van der Waals surface area contributed by atoms with Gasteiger partial charge in [0.1, 0.15) is 6.54 Å². The van der Waals surface area contributed by atoms with Gasteiger partial charge in [-0.25, -0.2) is 0 Å². The number of rotatable bonds is 9. The van der Waals surface area contributed by atoms with Crippen LogP contribution < -0.4 is 0 Å². The third-order valence-electron chi connectivity index (χ3n) is 2.53. The molecule has 0 saturated heterocycles. The lowest BCUT2D eigenvalue weighted by Crippen LogP contribution is -2.54. The van der Waals surface area contributed by atoms with Gasteiger partial charge >= 0.3 is 5.97 Å². The van der Waals surface area contributed by atoms with Crippen LogP contribution in [0.1, 0.15) is 43.1 Å². The number of carboxylic acid groups (broad SMARTS) is 1. The molecule has 0 amide bonds. The zero-order valence-electron chi connectivity index (χ0n) is 14.4. The Morgan fingerprint density at radius 2 is 1.89 bits per heavy atom. The van der Waals surface area contributed by atoms with Crippen LogP contribution >= 0.6 is 0 Å². The van der Waals surface area contributed by atoms with Crippen LogP contribution in [0.4, 0.5) is 0 Å². The maximum absolute atomic E-state index is 12.1. The first-order valence-electron chi connectivity index (χ1n) is 7.53. The average Bonchev–Trinajstić information content (AvgIpc) is 2.18. The number of nitrogens with zero attached hydrogens (tertiary/aromatic N) is 1. The van der Waals surface area contributed by atoms with E-state index in [1.165, 1.54) is 0 Å². The predicted molar refractivity (Wildman–Crippen MR) is 69.3 cm³/mol. The molecule has 0 unspecified atom stereocenters. The first-order chi connectivity index (χ1) is 9.25. The number of ketones is 1. The summed E-state index contributed by atoms with van der Waals surface area (Å²) in [7, 11) is 5.28. The van der Waals surface area contributed by atoms with Crippen molar-refractivity contribution in [2.75, 3.05) is 27.7 Å². The summed E-state index contributed by atoms with van der Waals surface area (Å²) in [6.07, 6.45) is 0.0273. The molecule has 0 rings (SSSR count). The van der Waals surface area contributed by atoms with Crippen LogP contribution in [0.3, 0.4) is 0 Å². The molecule has 1 atom stereocenters. The van der Waals surface area contributed by atoms with Gasteiger partial charge in [-0.1, -0.05) is 19.7 Å². The van der Waals surface area contributed by atoms with Gasteiger partial charge in [0, 0.05) is 10.5 Å². The Bertz CT molecular complexity index is 377. The number of carboxylic acids is 1. The molecule has 5 nitrogen and oxygen atoms in total. The highest BCUT2D eigenvalue weighted by Gasteiger charge is 2.42. The summed E-state index contributed by atoms with van der Waals surface area (Å²) in [5.74, 6) is -1.77. The summed E-state index contributed by atoms with van der Waals surface area (Å²) in [5, 5.41) is 19.3. The van der Waals surface area contributed by atoms with E-state index in [0.29, 0.717) is 12.8 Å². The van der Waals surface area contributed by atoms with Crippen molar-refractivity contribution in [3.63, 3.8) is 0 Å². The van der Waals surface area contributed by atoms with Gasteiger partial charge in [0.2, 0.25) is 0 Å². The van der Waals surface area contributed by atoms with Crippen LogP contribution in [0.5, 0.6) is 0 Å². The molecule has 0 fully saturated rings. The number of likely N-dealkylation sites (N-methyl/N-ethyl adjacent to an activating group) is 1. The van der Waals surface area contributed by atoms with Crippen molar-refractivity contribution < 1.29 is 28.4 Å². The van der Waals surface area contributed by atoms with Crippen molar-refractivity contribution in [2.45, 2.75) is 44.6 Å². The van der Waals surface area contributed by atoms with E-state index >= 15 is 0 Å². The Kier molecular flexibility index (Phi) is 4.61. The SMILES string of the molecule is [2H]C([2H])([2H])CCCCC(=O)[C@@](O)(CC(=O)O)C[N+](C)(C)C. The van der Waals surface area contributed by atoms with Crippen molar-refractivity contribution in [3.05, 3.63) is 0 Å². The molecule has 0 saturated carbocycles. The lowest BCUT2D eigenvalue weighted by molar-refractivity contribution is -0.875. The Hall–Kier alpha value is -0.940. The number of Topliss-reactive ketones (excluding diaryl/α,β-unsaturated/α-hetero) is 1. The molecular weight excluding hydrogens is 234 g/mol. The van der Waals surface area contributed by atoms with Gasteiger partial charge in [0.15, 0.2) is 11.4 Å². The van der Waals surface area contributed by atoms with Gasteiger partial charge in [-0.2, -0.15) is 0 Å². The molecule has 106 valence electrons. The van der Waals surface area contributed by atoms with E-state index in [0.717, 1.165) is 0 Å². The highest BCUT2D eigenvalue weighted by molar-refractivity contribution is 5.90. The molecule has 0 aliphatic heterocycles. The van der Waals surface area contributed by atoms with Crippen molar-refractivity contribution in [1.82, 2.24) is 0 Å². The Labute approximate surface area is 113 Å². The zero-order valence-corrected chi connectivity index (χ0v) is 11.4. The number of hydrogen-bond donors (Lipinski definition) is 2. The zero-order chi connectivity index (χ0) is 16.9. The number of quaternary nitrogens is 1. The lowest BCUT2D eigenvalue weighted by Gasteiger charge is -2.33. The number of aliphatic hydroxyl groups is 1. The Balaban J connectivity index is 4.63. The minimum absolute atomic E-state index is 0.00258. The summed E-state index contributed by atoms with van der Waals surface area (Å²) >= 11 is 0. The van der Waals surface area contributed by atoms with Crippen molar-refractivity contribution >= 4 is 11.8 Å². The van der Waals surface area contributed by atoms with Crippen molar-refractivity contribution in [1.29, 1.82) is 0 Å². The molecule has 0 aliphatic carbocycles. The number of carbonyl (C=O) groups excluding carboxylic acids is 1. The molecule has 18 heavy (non-hydrogen) atoms. The maximum Gasteiger partial charge on any atom is 0.306 e. The van der Waals surface area contributed by atoms with Crippen LogP contribution in [0, 0.1) is 0 Å². The molecule has 0 heterocycles. The van der Waals surface area contributed by atoms with Gasteiger partial charge < -0.3 is 14.7 Å². The maximum atomic E-state index is 12.1. The smallest absolute Gasteiger partial charge is 0.306 e. The molecule has 0 aromatic heterocycles. The summed E-state index contributed by atoms with van der Waals surface area (Å²) in [4.78, 5) is 23.0. The highest BCUT2D eigenvalue weighted by Crippen LogP contribution is 2.19. The molecule has 0 aromatic carbocycles. The quantitative estimate of drug-likeness (QED) is 0.481. The standard InChI is InChI=1S/C13H25NO4/c1-5-6-7-8-11(15)13(18,9-12(16)17)10-14(2,3)4/h18H,5-10H2,1-4H3/p+1/t13-/m1/s1/i1D3. The summed E-state index contributed by atoms with van der Waals surface area (Å²) in [6, 6.07) is 0. The van der Waals surface area contributed by atoms with E-state index in [9.17, 15) is 14.7 Å². The molecule has 0 aliphatic rings. The number of hydrogen-bond acceptors (Lipinski definition) is 3. The summed E-state index contributed by atoms with van der Waals surface area (Å²) < 4.78 is 21.5. The van der Waals surface area contributed by atoms with Gasteiger partial charge in [0.25, 0.3) is 0 Å². The Morgan fingerprint density at radius 3 is 2.33 bits per heavy atom. The molecule has 0 aromatic rings. The van der Waals surface area contributed by atoms with Crippen molar-refractivity contribution in [3.8, 4) is 0 Å². The first kappa shape index (κ1) is 12.1. The van der Waals surface area contributed by atoms with Crippen LogP contribution in [0.2, 0.25) is 0 Å². The van der Waals surface area contributed by atoms with E-state index in [1.54, 1.807) is 21.1 Å². The highest BCUT2D eigenvalue weighted by atomic mass is 16.4. The number of unbranched alkanes of at least 4 members (excludes halogenated alkanes) is 1. The van der Waals surface area contributed by atoms with Crippen LogP contribution in [-0.4, -0.2) is 59.7 Å².